The zero-order valence-electron chi connectivity index (χ0n) is 7.07. The molecule has 0 spiro atoms. The molecule has 0 amide bonds. The molecule has 0 heterocycles. The Labute approximate surface area is 73.7 Å². The van der Waals surface area contributed by atoms with Gasteiger partial charge in [0.1, 0.15) is 0 Å². The summed E-state index contributed by atoms with van der Waals surface area (Å²) < 4.78 is 5.35. The molecule has 0 saturated carbocycles. The zero-order valence-corrected chi connectivity index (χ0v) is 7.07. The monoisotopic (exact) mass is 161 g/mol. The second kappa shape index (κ2) is 5.56. The Morgan fingerprint density at radius 1 is 1.25 bits per heavy atom. The summed E-state index contributed by atoms with van der Waals surface area (Å²) in [6, 6.07) is 10.1. The van der Waals surface area contributed by atoms with Crippen molar-refractivity contribution in [3.8, 4) is 0 Å². The SMILES string of the molecule is [CH]=CCCOCc1ccccc1. The first-order chi connectivity index (χ1) is 5.93. The Hall–Kier alpha value is -1.08. The average Bonchev–Trinajstić information content (AvgIpc) is 2.14. The summed E-state index contributed by atoms with van der Waals surface area (Å²) in [5.74, 6) is 0. The molecular formula is C11H13O. The third-order valence-corrected chi connectivity index (χ3v) is 1.54. The third kappa shape index (κ3) is 3.35. The molecule has 63 valence electrons. The van der Waals surface area contributed by atoms with Crippen LogP contribution in [0, 0.1) is 6.58 Å². The summed E-state index contributed by atoms with van der Waals surface area (Å²) in [6.45, 7) is 6.58. The predicted octanol–water partition coefficient (Wildman–Crippen LogP) is 2.58. The molecule has 0 unspecified atom stereocenters. The number of ether oxygens (including phenoxy) is 1. The van der Waals surface area contributed by atoms with E-state index in [0.717, 1.165) is 6.42 Å². The van der Waals surface area contributed by atoms with Crippen molar-refractivity contribution in [1.29, 1.82) is 0 Å². The Morgan fingerprint density at radius 2 is 2.00 bits per heavy atom. The van der Waals surface area contributed by atoms with E-state index >= 15 is 0 Å². The summed E-state index contributed by atoms with van der Waals surface area (Å²) in [5.41, 5.74) is 1.20. The fourth-order valence-corrected chi connectivity index (χ4v) is 0.916. The molecule has 1 rings (SSSR count). The standard InChI is InChI=1S/C11H13O/c1-2-3-9-12-10-11-7-5-4-6-8-11/h1-2,4-8H,3,9-10H2. The van der Waals surface area contributed by atoms with Gasteiger partial charge in [0.25, 0.3) is 0 Å². The molecule has 0 N–H and O–H groups in total. The number of hydrogen-bond donors (Lipinski definition) is 0. The minimum atomic E-state index is 0.675. The maximum atomic E-state index is 5.35. The molecule has 1 heteroatoms. The van der Waals surface area contributed by atoms with Gasteiger partial charge >= 0.3 is 0 Å². The van der Waals surface area contributed by atoms with Crippen LogP contribution in [0.5, 0.6) is 0 Å². The first-order valence-electron chi connectivity index (χ1n) is 4.08. The third-order valence-electron chi connectivity index (χ3n) is 1.54. The van der Waals surface area contributed by atoms with Crippen LogP contribution < -0.4 is 0 Å². The average molecular weight is 161 g/mol. The maximum Gasteiger partial charge on any atom is 0.0717 e. The van der Waals surface area contributed by atoms with Gasteiger partial charge in [0.05, 0.1) is 13.2 Å². The molecule has 0 fully saturated rings. The van der Waals surface area contributed by atoms with Gasteiger partial charge in [-0.3, -0.25) is 0 Å². The summed E-state index contributed by atoms with van der Waals surface area (Å²) in [5, 5.41) is 0. The molecule has 0 aliphatic rings. The molecule has 0 aliphatic carbocycles. The van der Waals surface area contributed by atoms with Gasteiger partial charge in [-0.05, 0) is 12.0 Å². The van der Waals surface area contributed by atoms with Crippen LogP contribution in [0.1, 0.15) is 12.0 Å². The zero-order chi connectivity index (χ0) is 8.65. The van der Waals surface area contributed by atoms with Crippen molar-refractivity contribution in [3.63, 3.8) is 0 Å². The van der Waals surface area contributed by atoms with E-state index in [0.29, 0.717) is 13.2 Å². The van der Waals surface area contributed by atoms with Crippen LogP contribution in [0.25, 0.3) is 0 Å². The molecule has 0 saturated heterocycles. The second-order valence-corrected chi connectivity index (χ2v) is 2.56. The Morgan fingerprint density at radius 3 is 2.67 bits per heavy atom. The van der Waals surface area contributed by atoms with Crippen LogP contribution in [-0.4, -0.2) is 6.61 Å². The molecule has 0 aliphatic heterocycles. The van der Waals surface area contributed by atoms with E-state index in [9.17, 15) is 0 Å². The molecule has 1 aromatic rings. The molecule has 12 heavy (non-hydrogen) atoms. The Kier molecular flexibility index (Phi) is 4.17. The first kappa shape index (κ1) is 9.01. The predicted molar refractivity (Wildman–Crippen MR) is 49.6 cm³/mol. The van der Waals surface area contributed by atoms with Crippen molar-refractivity contribution in [3.05, 3.63) is 48.6 Å². The van der Waals surface area contributed by atoms with E-state index in [1.165, 1.54) is 5.56 Å². The maximum absolute atomic E-state index is 5.35. The summed E-state index contributed by atoms with van der Waals surface area (Å²) >= 11 is 0. The minimum Gasteiger partial charge on any atom is -0.376 e. The lowest BCUT2D eigenvalue weighted by molar-refractivity contribution is 0.125. The summed E-state index contributed by atoms with van der Waals surface area (Å²) in [7, 11) is 0. The highest BCUT2D eigenvalue weighted by Gasteiger charge is 1.89. The smallest absolute Gasteiger partial charge is 0.0717 e. The fraction of sp³-hybridized carbons (Fsp3) is 0.273. The van der Waals surface area contributed by atoms with Crippen LogP contribution in [0.3, 0.4) is 0 Å². The lowest BCUT2D eigenvalue weighted by Gasteiger charge is -2.01. The number of benzene rings is 1. The van der Waals surface area contributed by atoms with E-state index < -0.39 is 0 Å². The topological polar surface area (TPSA) is 9.23 Å². The molecule has 0 bridgehead atoms. The Balaban J connectivity index is 2.20. The van der Waals surface area contributed by atoms with Crippen LogP contribution in [-0.2, 0) is 11.3 Å². The lowest BCUT2D eigenvalue weighted by atomic mass is 10.2. The van der Waals surface area contributed by atoms with E-state index in [2.05, 4.69) is 0 Å². The molecule has 0 atom stereocenters. The van der Waals surface area contributed by atoms with E-state index in [1.807, 2.05) is 30.3 Å². The van der Waals surface area contributed by atoms with E-state index in [4.69, 9.17) is 11.3 Å². The van der Waals surface area contributed by atoms with Crippen molar-refractivity contribution in [1.82, 2.24) is 0 Å². The summed E-state index contributed by atoms with van der Waals surface area (Å²) in [6.07, 6.45) is 2.43. The van der Waals surface area contributed by atoms with Gasteiger partial charge in [0.2, 0.25) is 0 Å². The fourth-order valence-electron chi connectivity index (χ4n) is 0.916. The van der Waals surface area contributed by atoms with Gasteiger partial charge in [-0.15, -0.1) is 0 Å². The largest absolute Gasteiger partial charge is 0.376 e. The highest BCUT2D eigenvalue weighted by molar-refractivity contribution is 5.13. The molecule has 1 radical (unpaired) electrons. The van der Waals surface area contributed by atoms with Crippen LogP contribution in [0.15, 0.2) is 36.4 Å². The van der Waals surface area contributed by atoms with Crippen molar-refractivity contribution in [2.45, 2.75) is 13.0 Å². The highest BCUT2D eigenvalue weighted by atomic mass is 16.5. The molecule has 0 aromatic heterocycles. The van der Waals surface area contributed by atoms with Gasteiger partial charge in [0.15, 0.2) is 0 Å². The van der Waals surface area contributed by atoms with Gasteiger partial charge in [-0.1, -0.05) is 43.0 Å². The summed E-state index contributed by atoms with van der Waals surface area (Å²) in [4.78, 5) is 0. The quantitative estimate of drug-likeness (QED) is 0.603. The highest BCUT2D eigenvalue weighted by Crippen LogP contribution is 2.00. The molecule has 1 aromatic carbocycles. The van der Waals surface area contributed by atoms with Crippen LogP contribution >= 0.6 is 0 Å². The van der Waals surface area contributed by atoms with Gasteiger partial charge in [-0.25, -0.2) is 0 Å². The van der Waals surface area contributed by atoms with Gasteiger partial charge in [-0.2, -0.15) is 0 Å². The number of rotatable bonds is 5. The minimum absolute atomic E-state index is 0.675. The molecular weight excluding hydrogens is 148 g/mol. The van der Waals surface area contributed by atoms with Crippen LogP contribution in [0.2, 0.25) is 0 Å². The normalized spacial score (nSPS) is 9.67. The Bertz CT molecular complexity index is 216. The van der Waals surface area contributed by atoms with Crippen molar-refractivity contribution < 1.29 is 4.74 Å². The second-order valence-electron chi connectivity index (χ2n) is 2.56. The van der Waals surface area contributed by atoms with Crippen molar-refractivity contribution in [2.24, 2.45) is 0 Å². The number of hydrogen-bond acceptors (Lipinski definition) is 1. The van der Waals surface area contributed by atoms with Gasteiger partial charge in [0, 0.05) is 0 Å². The lowest BCUT2D eigenvalue weighted by Crippen LogP contribution is -1.93. The first-order valence-corrected chi connectivity index (χ1v) is 4.08. The molecule has 1 nitrogen and oxygen atoms in total. The van der Waals surface area contributed by atoms with Crippen molar-refractivity contribution in [2.75, 3.05) is 6.61 Å². The van der Waals surface area contributed by atoms with Crippen LogP contribution in [0.4, 0.5) is 0 Å². The van der Waals surface area contributed by atoms with E-state index in [-0.39, 0.29) is 0 Å². The van der Waals surface area contributed by atoms with Crippen molar-refractivity contribution >= 4 is 0 Å². The van der Waals surface area contributed by atoms with Gasteiger partial charge < -0.3 is 4.74 Å². The van der Waals surface area contributed by atoms with E-state index in [1.54, 1.807) is 6.08 Å².